The van der Waals surface area contributed by atoms with Crippen molar-refractivity contribution in [3.8, 4) is 0 Å². The average molecular weight is 600 g/mol. The fourth-order valence-electron chi connectivity index (χ4n) is 7.52. The van der Waals surface area contributed by atoms with E-state index in [2.05, 4.69) is 38.4 Å². The van der Waals surface area contributed by atoms with Crippen molar-refractivity contribution in [3.63, 3.8) is 0 Å². The fourth-order valence-corrected chi connectivity index (χ4v) is 7.78. The summed E-state index contributed by atoms with van der Waals surface area (Å²) in [5.74, 6) is -1.95. The molecule has 4 aliphatic heterocycles. The molecule has 9 heteroatoms. The Hall–Kier alpha value is -2.23. The lowest BCUT2D eigenvalue weighted by Gasteiger charge is -2.37. The van der Waals surface area contributed by atoms with Gasteiger partial charge in [-0.25, -0.2) is 0 Å². The van der Waals surface area contributed by atoms with Crippen LogP contribution in [-0.4, -0.2) is 77.0 Å². The number of halogens is 1. The summed E-state index contributed by atoms with van der Waals surface area (Å²) in [5, 5.41) is 6.26. The number of carbonyl (C=O) groups excluding carboxylic acids is 3. The SMILES string of the molecule is C[C@@H]1CCCCN1CCN1C(=O)[C@@H]2[C@H](C(=O)Nc3ccc(Br)cc3)[C@@H]3C=C[C@@]2(O3)[C@H]1C(=O)NC1CCCCC1. The minimum Gasteiger partial charge on any atom is -0.359 e. The summed E-state index contributed by atoms with van der Waals surface area (Å²) in [7, 11) is 0. The molecule has 1 spiro atoms. The first-order valence-corrected chi connectivity index (χ1v) is 15.5. The summed E-state index contributed by atoms with van der Waals surface area (Å²) >= 11 is 3.42. The molecule has 1 aliphatic carbocycles. The van der Waals surface area contributed by atoms with Crippen molar-refractivity contribution in [1.29, 1.82) is 0 Å². The van der Waals surface area contributed by atoms with Crippen LogP contribution < -0.4 is 10.6 Å². The van der Waals surface area contributed by atoms with E-state index in [1.54, 1.807) is 4.90 Å². The summed E-state index contributed by atoms with van der Waals surface area (Å²) in [5.41, 5.74) is -0.451. The number of amides is 3. The lowest BCUT2D eigenvalue weighted by molar-refractivity contribution is -0.141. The van der Waals surface area contributed by atoms with Crippen LogP contribution in [0.2, 0.25) is 0 Å². The summed E-state index contributed by atoms with van der Waals surface area (Å²) < 4.78 is 7.41. The van der Waals surface area contributed by atoms with Gasteiger partial charge in [0.15, 0.2) is 0 Å². The second-order valence-electron chi connectivity index (χ2n) is 12.0. The highest BCUT2D eigenvalue weighted by Gasteiger charge is 2.72. The third-order valence-electron chi connectivity index (χ3n) is 9.56. The van der Waals surface area contributed by atoms with Crippen molar-refractivity contribution in [2.75, 3.05) is 25.0 Å². The first kappa shape index (κ1) is 27.0. The van der Waals surface area contributed by atoms with Crippen molar-refractivity contribution in [1.82, 2.24) is 15.1 Å². The molecule has 3 amide bonds. The Morgan fingerprint density at radius 3 is 2.51 bits per heavy atom. The average Bonchev–Trinajstić information content (AvgIpc) is 3.57. The summed E-state index contributed by atoms with van der Waals surface area (Å²) in [4.78, 5) is 45.9. The number of ether oxygens (including phenoxy) is 1. The van der Waals surface area contributed by atoms with Gasteiger partial charge in [-0.1, -0.05) is 53.8 Å². The zero-order valence-corrected chi connectivity index (χ0v) is 24.2. The van der Waals surface area contributed by atoms with Crippen LogP contribution in [0.4, 0.5) is 5.69 Å². The molecule has 210 valence electrons. The molecule has 1 saturated carbocycles. The van der Waals surface area contributed by atoms with Crippen LogP contribution >= 0.6 is 15.9 Å². The first-order chi connectivity index (χ1) is 18.9. The maximum atomic E-state index is 14.2. The van der Waals surface area contributed by atoms with Crippen LogP contribution in [0.25, 0.3) is 0 Å². The summed E-state index contributed by atoms with van der Waals surface area (Å²) in [6.07, 6.45) is 12.1. The molecule has 0 aromatic heterocycles. The third-order valence-corrected chi connectivity index (χ3v) is 10.1. The predicted molar refractivity (Wildman–Crippen MR) is 152 cm³/mol. The molecule has 2 bridgehead atoms. The standard InChI is InChI=1S/C30H39BrN4O4/c1-19-7-5-6-16-34(19)17-18-35-26(28(37)33-21-8-3-2-4-9-21)30-15-14-23(39-30)24(25(30)29(35)38)27(36)32-22-12-10-20(31)11-13-22/h10-15,19,21,23-26H,2-9,16-18H2,1H3,(H,32,36)(H,33,37)/t19-,23+,24-,25+,26-,30+/m1/s1. The van der Waals surface area contributed by atoms with E-state index in [4.69, 9.17) is 4.74 Å². The molecule has 6 rings (SSSR count). The molecule has 2 N–H and O–H groups in total. The predicted octanol–water partition coefficient (Wildman–Crippen LogP) is 3.86. The molecule has 0 unspecified atom stereocenters. The first-order valence-electron chi connectivity index (χ1n) is 14.7. The Kier molecular flexibility index (Phi) is 7.59. The third kappa shape index (κ3) is 4.95. The van der Waals surface area contributed by atoms with Crippen LogP contribution in [0.15, 0.2) is 40.9 Å². The van der Waals surface area contributed by atoms with Gasteiger partial charge in [-0.3, -0.25) is 19.3 Å². The molecule has 5 aliphatic rings. The molecular formula is C30H39BrN4O4. The van der Waals surface area contributed by atoms with Gasteiger partial charge in [0.1, 0.15) is 11.6 Å². The Morgan fingerprint density at radius 1 is 1.03 bits per heavy atom. The zero-order valence-electron chi connectivity index (χ0n) is 22.6. The molecule has 39 heavy (non-hydrogen) atoms. The molecule has 3 saturated heterocycles. The van der Waals surface area contributed by atoms with E-state index in [-0.39, 0.29) is 23.8 Å². The van der Waals surface area contributed by atoms with Crippen LogP contribution in [0.5, 0.6) is 0 Å². The van der Waals surface area contributed by atoms with E-state index in [1.807, 2.05) is 36.4 Å². The summed E-state index contributed by atoms with van der Waals surface area (Å²) in [6.45, 7) is 4.41. The van der Waals surface area contributed by atoms with Gasteiger partial charge in [0.25, 0.3) is 0 Å². The summed E-state index contributed by atoms with van der Waals surface area (Å²) in [6, 6.07) is 7.19. The van der Waals surface area contributed by atoms with Crippen molar-refractivity contribution in [3.05, 3.63) is 40.9 Å². The Labute approximate surface area is 239 Å². The molecular weight excluding hydrogens is 560 g/mol. The number of rotatable bonds is 7. The van der Waals surface area contributed by atoms with Crippen molar-refractivity contribution >= 4 is 39.3 Å². The highest BCUT2D eigenvalue weighted by molar-refractivity contribution is 9.10. The molecule has 8 nitrogen and oxygen atoms in total. The lowest BCUT2D eigenvalue weighted by atomic mass is 9.74. The van der Waals surface area contributed by atoms with E-state index in [1.165, 1.54) is 12.8 Å². The van der Waals surface area contributed by atoms with Crippen molar-refractivity contribution in [2.24, 2.45) is 11.8 Å². The van der Waals surface area contributed by atoms with E-state index < -0.39 is 29.6 Å². The largest absolute Gasteiger partial charge is 0.359 e. The Balaban J connectivity index is 1.27. The number of nitrogens with zero attached hydrogens (tertiary/aromatic N) is 2. The van der Waals surface area contributed by atoms with Crippen LogP contribution in [0.1, 0.15) is 58.3 Å². The monoisotopic (exact) mass is 598 g/mol. The number of nitrogens with one attached hydrogen (secondary N) is 2. The van der Waals surface area contributed by atoms with E-state index in [0.717, 1.165) is 49.5 Å². The van der Waals surface area contributed by atoms with Gasteiger partial charge in [-0.05, 0) is 63.4 Å². The number of hydrogen-bond acceptors (Lipinski definition) is 5. The van der Waals surface area contributed by atoms with Crippen LogP contribution in [0, 0.1) is 11.8 Å². The van der Waals surface area contributed by atoms with Gasteiger partial charge in [-0.15, -0.1) is 0 Å². The number of piperidine rings is 1. The van der Waals surface area contributed by atoms with Gasteiger partial charge in [0.05, 0.1) is 17.9 Å². The lowest BCUT2D eigenvalue weighted by Crippen LogP contribution is -2.57. The number of benzene rings is 1. The number of hydrogen-bond donors (Lipinski definition) is 2. The smallest absolute Gasteiger partial charge is 0.246 e. The van der Waals surface area contributed by atoms with Gasteiger partial charge < -0.3 is 20.3 Å². The van der Waals surface area contributed by atoms with Crippen LogP contribution in [-0.2, 0) is 19.1 Å². The molecule has 6 atom stereocenters. The van der Waals surface area contributed by atoms with E-state index >= 15 is 0 Å². The van der Waals surface area contributed by atoms with Gasteiger partial charge in [0.2, 0.25) is 17.7 Å². The number of carbonyl (C=O) groups is 3. The van der Waals surface area contributed by atoms with E-state index in [9.17, 15) is 14.4 Å². The van der Waals surface area contributed by atoms with Gasteiger partial charge in [-0.2, -0.15) is 0 Å². The quantitative estimate of drug-likeness (QED) is 0.465. The maximum absolute atomic E-state index is 14.2. The van der Waals surface area contributed by atoms with Gasteiger partial charge >= 0.3 is 0 Å². The van der Waals surface area contributed by atoms with E-state index in [0.29, 0.717) is 24.8 Å². The second kappa shape index (κ2) is 11.0. The minimum absolute atomic E-state index is 0.125. The molecule has 0 radical (unpaired) electrons. The molecule has 4 heterocycles. The number of fused-ring (bicyclic) bond motifs is 1. The maximum Gasteiger partial charge on any atom is 0.246 e. The second-order valence-corrected chi connectivity index (χ2v) is 12.9. The van der Waals surface area contributed by atoms with Gasteiger partial charge in [0, 0.05) is 35.3 Å². The number of anilines is 1. The van der Waals surface area contributed by atoms with Crippen molar-refractivity contribution < 1.29 is 19.1 Å². The fraction of sp³-hybridized carbons (Fsp3) is 0.633. The highest BCUT2D eigenvalue weighted by atomic mass is 79.9. The molecule has 1 aromatic rings. The van der Waals surface area contributed by atoms with Crippen molar-refractivity contribution in [2.45, 2.75) is 88.1 Å². The minimum atomic E-state index is -1.12. The normalized spacial score (nSPS) is 34.4. The highest BCUT2D eigenvalue weighted by Crippen LogP contribution is 2.55. The Bertz CT molecular complexity index is 1140. The van der Waals surface area contributed by atoms with Crippen LogP contribution in [0.3, 0.4) is 0 Å². The topological polar surface area (TPSA) is 91.0 Å². The zero-order chi connectivity index (χ0) is 27.1. The molecule has 1 aromatic carbocycles. The molecule has 4 fully saturated rings. The number of likely N-dealkylation sites (tertiary alicyclic amines) is 2. The Morgan fingerprint density at radius 2 is 1.77 bits per heavy atom.